The third-order valence-corrected chi connectivity index (χ3v) is 5.14. The molecule has 1 aliphatic heterocycles. The van der Waals surface area contributed by atoms with E-state index in [0.29, 0.717) is 24.4 Å². The van der Waals surface area contributed by atoms with Gasteiger partial charge in [-0.2, -0.15) is 0 Å². The van der Waals surface area contributed by atoms with Crippen molar-refractivity contribution in [2.24, 2.45) is 5.92 Å². The van der Waals surface area contributed by atoms with E-state index in [2.05, 4.69) is 5.32 Å². The molecule has 1 atom stereocenters. The normalized spacial score (nSPS) is 22.4. The minimum Gasteiger partial charge on any atom is -0.347 e. The molecule has 4 heteroatoms. The van der Waals surface area contributed by atoms with Crippen molar-refractivity contribution in [3.05, 3.63) is 35.4 Å². The van der Waals surface area contributed by atoms with Crippen LogP contribution in [-0.2, 0) is 4.79 Å². The van der Waals surface area contributed by atoms with Gasteiger partial charge < -0.3 is 10.2 Å². The number of rotatable bonds is 4. The summed E-state index contributed by atoms with van der Waals surface area (Å²) in [7, 11) is 0. The summed E-state index contributed by atoms with van der Waals surface area (Å²) in [5, 5.41) is 3.03. The van der Waals surface area contributed by atoms with Gasteiger partial charge in [0.1, 0.15) is 0 Å². The number of hydrogen-bond donors (Lipinski definition) is 1. The van der Waals surface area contributed by atoms with Crippen molar-refractivity contribution in [3.63, 3.8) is 0 Å². The Morgan fingerprint density at radius 3 is 2.70 bits per heavy atom. The number of likely N-dealkylation sites (tertiary alicyclic amines) is 1. The van der Waals surface area contributed by atoms with Crippen molar-refractivity contribution in [2.75, 3.05) is 13.1 Å². The summed E-state index contributed by atoms with van der Waals surface area (Å²) in [6.07, 6.45) is 6.83. The quantitative estimate of drug-likeness (QED) is 0.929. The highest BCUT2D eigenvalue weighted by Crippen LogP contribution is 2.26. The highest BCUT2D eigenvalue weighted by molar-refractivity contribution is 5.96. The van der Waals surface area contributed by atoms with Crippen molar-refractivity contribution in [1.82, 2.24) is 10.2 Å². The molecular weight excluding hydrogens is 288 g/mol. The molecule has 1 aromatic carbocycles. The lowest BCUT2D eigenvalue weighted by Crippen LogP contribution is -2.38. The largest absolute Gasteiger partial charge is 0.347 e. The summed E-state index contributed by atoms with van der Waals surface area (Å²) in [4.78, 5) is 26.6. The molecule has 0 radical (unpaired) electrons. The maximum Gasteiger partial charge on any atom is 0.251 e. The Bertz CT molecular complexity index is 578. The third-order valence-electron chi connectivity index (χ3n) is 5.14. The monoisotopic (exact) mass is 314 g/mol. The van der Waals surface area contributed by atoms with Gasteiger partial charge >= 0.3 is 0 Å². The number of carbonyl (C=O) groups excluding carboxylic acids is 2. The fourth-order valence-electron chi connectivity index (χ4n) is 3.82. The molecule has 0 spiro atoms. The first kappa shape index (κ1) is 16.0. The average molecular weight is 314 g/mol. The van der Waals surface area contributed by atoms with Crippen LogP contribution in [-0.4, -0.2) is 35.8 Å². The molecule has 2 aliphatic rings. The van der Waals surface area contributed by atoms with Crippen LogP contribution in [0.3, 0.4) is 0 Å². The molecule has 1 saturated carbocycles. The zero-order chi connectivity index (χ0) is 16.2. The van der Waals surface area contributed by atoms with Gasteiger partial charge in [0.05, 0.1) is 6.04 Å². The summed E-state index contributed by atoms with van der Waals surface area (Å²) >= 11 is 0. The number of benzene rings is 1. The second-order valence-corrected chi connectivity index (χ2v) is 6.99. The first-order chi connectivity index (χ1) is 11.1. The van der Waals surface area contributed by atoms with Gasteiger partial charge in [-0.25, -0.2) is 0 Å². The Kier molecular flexibility index (Phi) is 4.99. The lowest BCUT2D eigenvalue weighted by molar-refractivity contribution is -0.128. The van der Waals surface area contributed by atoms with Gasteiger partial charge in [0, 0.05) is 25.1 Å². The number of carbonyl (C=O) groups is 2. The van der Waals surface area contributed by atoms with Crippen LogP contribution in [0.15, 0.2) is 24.3 Å². The van der Waals surface area contributed by atoms with Crippen LogP contribution in [0, 0.1) is 12.8 Å². The predicted octanol–water partition coefficient (Wildman–Crippen LogP) is 2.91. The van der Waals surface area contributed by atoms with Gasteiger partial charge in [-0.3, -0.25) is 9.59 Å². The first-order valence-corrected chi connectivity index (χ1v) is 8.78. The average Bonchev–Trinajstić information content (AvgIpc) is 2.88. The number of hydrogen-bond acceptors (Lipinski definition) is 2. The Morgan fingerprint density at radius 2 is 1.96 bits per heavy atom. The molecule has 1 aliphatic carbocycles. The van der Waals surface area contributed by atoms with Crippen molar-refractivity contribution in [3.8, 4) is 0 Å². The molecule has 2 fully saturated rings. The van der Waals surface area contributed by atoms with E-state index in [1.54, 1.807) is 0 Å². The number of amides is 2. The predicted molar refractivity (Wildman–Crippen MR) is 90.2 cm³/mol. The van der Waals surface area contributed by atoms with Crippen LogP contribution in [0.2, 0.25) is 0 Å². The van der Waals surface area contributed by atoms with Crippen LogP contribution >= 0.6 is 0 Å². The SMILES string of the molecule is Cc1ccccc1C(=O)N[C@H]1CC(=O)N(CC2CCCCC2)C1. The van der Waals surface area contributed by atoms with Gasteiger partial charge in [-0.1, -0.05) is 37.5 Å². The molecule has 4 nitrogen and oxygen atoms in total. The Balaban J connectivity index is 1.55. The lowest BCUT2D eigenvalue weighted by atomic mass is 9.89. The molecule has 3 rings (SSSR count). The lowest BCUT2D eigenvalue weighted by Gasteiger charge is -2.27. The van der Waals surface area contributed by atoms with Crippen LogP contribution < -0.4 is 5.32 Å². The maximum atomic E-state index is 12.4. The Labute approximate surface area is 138 Å². The number of nitrogens with zero attached hydrogens (tertiary/aromatic N) is 1. The molecule has 1 N–H and O–H groups in total. The van der Waals surface area contributed by atoms with Crippen molar-refractivity contribution in [2.45, 2.75) is 51.5 Å². The topological polar surface area (TPSA) is 49.4 Å². The molecule has 0 bridgehead atoms. The van der Waals surface area contributed by atoms with E-state index in [4.69, 9.17) is 0 Å². The Hall–Kier alpha value is -1.84. The summed E-state index contributed by atoms with van der Waals surface area (Å²) in [5.41, 5.74) is 1.67. The molecule has 0 unspecified atom stereocenters. The van der Waals surface area contributed by atoms with Crippen LogP contribution in [0.5, 0.6) is 0 Å². The van der Waals surface area contributed by atoms with Crippen LogP contribution in [0.4, 0.5) is 0 Å². The van der Waals surface area contributed by atoms with Gasteiger partial charge in [0.2, 0.25) is 5.91 Å². The maximum absolute atomic E-state index is 12.4. The number of aryl methyl sites for hydroxylation is 1. The standard InChI is InChI=1S/C19H26N2O2/c1-14-7-5-6-10-17(14)19(23)20-16-11-18(22)21(13-16)12-15-8-3-2-4-9-15/h5-7,10,15-16H,2-4,8-9,11-13H2,1H3,(H,20,23)/t16-/m0/s1. The third kappa shape index (κ3) is 3.92. The number of nitrogens with one attached hydrogen (secondary N) is 1. The molecule has 0 aromatic heterocycles. The van der Waals surface area contributed by atoms with Crippen molar-refractivity contribution in [1.29, 1.82) is 0 Å². The van der Waals surface area contributed by atoms with E-state index in [1.165, 1.54) is 32.1 Å². The summed E-state index contributed by atoms with van der Waals surface area (Å²) < 4.78 is 0. The van der Waals surface area contributed by atoms with Crippen LogP contribution in [0.1, 0.15) is 54.4 Å². The van der Waals surface area contributed by atoms with Crippen molar-refractivity contribution < 1.29 is 9.59 Å². The van der Waals surface area contributed by atoms with Gasteiger partial charge in [-0.05, 0) is 37.3 Å². The van der Waals surface area contributed by atoms with Crippen LogP contribution in [0.25, 0.3) is 0 Å². The van der Waals surface area contributed by atoms with E-state index in [0.717, 1.165) is 12.1 Å². The molecule has 1 saturated heterocycles. The minimum atomic E-state index is -0.0691. The molecule has 124 valence electrons. The second kappa shape index (κ2) is 7.16. The summed E-state index contributed by atoms with van der Waals surface area (Å²) in [5.74, 6) is 0.768. The minimum absolute atomic E-state index is 0.0572. The highest BCUT2D eigenvalue weighted by Gasteiger charge is 2.32. The van der Waals surface area contributed by atoms with E-state index in [-0.39, 0.29) is 17.9 Å². The van der Waals surface area contributed by atoms with E-state index >= 15 is 0 Å². The Morgan fingerprint density at radius 1 is 1.22 bits per heavy atom. The zero-order valence-electron chi connectivity index (χ0n) is 13.9. The molecule has 1 heterocycles. The molecule has 1 aromatic rings. The van der Waals surface area contributed by atoms with E-state index in [1.807, 2.05) is 36.1 Å². The van der Waals surface area contributed by atoms with Crippen molar-refractivity contribution >= 4 is 11.8 Å². The highest BCUT2D eigenvalue weighted by atomic mass is 16.2. The fraction of sp³-hybridized carbons (Fsp3) is 0.579. The molecule has 23 heavy (non-hydrogen) atoms. The zero-order valence-corrected chi connectivity index (χ0v) is 13.9. The fourth-order valence-corrected chi connectivity index (χ4v) is 3.82. The smallest absolute Gasteiger partial charge is 0.251 e. The van der Waals surface area contributed by atoms with Gasteiger partial charge in [0.15, 0.2) is 0 Å². The molecular formula is C19H26N2O2. The first-order valence-electron chi connectivity index (χ1n) is 8.78. The second-order valence-electron chi connectivity index (χ2n) is 6.99. The van der Waals surface area contributed by atoms with Gasteiger partial charge in [-0.15, -0.1) is 0 Å². The molecule has 2 amide bonds. The van der Waals surface area contributed by atoms with E-state index < -0.39 is 0 Å². The summed E-state index contributed by atoms with van der Waals surface area (Å²) in [6, 6.07) is 7.51. The summed E-state index contributed by atoms with van der Waals surface area (Å²) in [6.45, 7) is 3.46. The van der Waals surface area contributed by atoms with E-state index in [9.17, 15) is 9.59 Å². The van der Waals surface area contributed by atoms with Gasteiger partial charge in [0.25, 0.3) is 5.91 Å².